The molecule has 0 aliphatic carbocycles. The Kier molecular flexibility index (Phi) is 8.14. The van der Waals surface area contributed by atoms with E-state index in [2.05, 4.69) is 74.4 Å². The third-order valence-corrected chi connectivity index (χ3v) is 5.83. The smallest absolute Gasteiger partial charge is 0.224 e. The number of rotatable bonds is 6. The van der Waals surface area contributed by atoms with Crippen molar-refractivity contribution in [2.45, 2.75) is 19.3 Å². The van der Waals surface area contributed by atoms with Gasteiger partial charge in [-0.15, -0.1) is 0 Å². The Morgan fingerprint density at radius 3 is 1.30 bits per heavy atom. The molecule has 144 valence electrons. The molecule has 2 rings (SSSR count). The SMILES string of the molecule is O=C(CCCC(=O)Nc1cc(Br)c(O)c(Br)c1)Nc1cc(Br)c(O)c(Br)c1. The van der Waals surface area contributed by atoms with Crippen LogP contribution in [0.2, 0.25) is 0 Å². The Morgan fingerprint density at radius 1 is 0.704 bits per heavy atom. The fourth-order valence-electron chi connectivity index (χ4n) is 2.13. The monoisotopic (exact) mass is 626 g/mol. The minimum absolute atomic E-state index is 0.0529. The van der Waals surface area contributed by atoms with Gasteiger partial charge < -0.3 is 20.8 Å². The third-order valence-electron chi connectivity index (χ3n) is 3.41. The van der Waals surface area contributed by atoms with Gasteiger partial charge in [-0.05, 0) is 94.4 Å². The summed E-state index contributed by atoms with van der Waals surface area (Å²) in [6, 6.07) is 6.35. The quantitative estimate of drug-likeness (QED) is 0.300. The molecular formula is C17H14Br4N2O4. The Balaban J connectivity index is 1.82. The van der Waals surface area contributed by atoms with Crippen molar-refractivity contribution in [3.8, 4) is 11.5 Å². The second-order valence-corrected chi connectivity index (χ2v) is 8.94. The number of phenolic OH excluding ortho intramolecular Hbond substituents is 2. The molecule has 0 atom stereocenters. The van der Waals surface area contributed by atoms with Crippen molar-refractivity contribution >= 4 is 86.9 Å². The molecule has 0 saturated carbocycles. The van der Waals surface area contributed by atoms with Crippen LogP contribution in [-0.4, -0.2) is 22.0 Å². The van der Waals surface area contributed by atoms with Crippen molar-refractivity contribution in [3.63, 3.8) is 0 Å². The van der Waals surface area contributed by atoms with Gasteiger partial charge in [-0.25, -0.2) is 0 Å². The van der Waals surface area contributed by atoms with Crippen LogP contribution in [0.5, 0.6) is 11.5 Å². The number of hydrogen-bond acceptors (Lipinski definition) is 4. The summed E-state index contributed by atoms with van der Waals surface area (Å²) in [6.45, 7) is 0. The maximum atomic E-state index is 12.0. The van der Waals surface area contributed by atoms with E-state index in [9.17, 15) is 19.8 Å². The van der Waals surface area contributed by atoms with Crippen molar-refractivity contribution < 1.29 is 19.8 Å². The van der Waals surface area contributed by atoms with E-state index in [4.69, 9.17) is 0 Å². The summed E-state index contributed by atoms with van der Waals surface area (Å²) in [4.78, 5) is 24.0. The molecule has 6 nitrogen and oxygen atoms in total. The number of anilines is 2. The maximum absolute atomic E-state index is 12.0. The largest absolute Gasteiger partial charge is 0.506 e. The normalized spacial score (nSPS) is 10.5. The lowest BCUT2D eigenvalue weighted by Crippen LogP contribution is -2.15. The van der Waals surface area contributed by atoms with Crippen LogP contribution < -0.4 is 10.6 Å². The first-order valence-electron chi connectivity index (χ1n) is 7.63. The summed E-state index contributed by atoms with van der Waals surface area (Å²) in [5.74, 6) is -0.362. The molecule has 0 heterocycles. The first kappa shape index (κ1) is 22.2. The van der Waals surface area contributed by atoms with Crippen molar-refractivity contribution in [2.75, 3.05) is 10.6 Å². The molecule has 0 fully saturated rings. The molecule has 0 aromatic heterocycles. The highest BCUT2D eigenvalue weighted by molar-refractivity contribution is 9.11. The predicted molar refractivity (Wildman–Crippen MR) is 118 cm³/mol. The molecule has 0 unspecified atom stereocenters. The highest BCUT2D eigenvalue weighted by atomic mass is 79.9. The zero-order valence-electron chi connectivity index (χ0n) is 13.7. The van der Waals surface area contributed by atoms with Crippen LogP contribution in [0.25, 0.3) is 0 Å². The van der Waals surface area contributed by atoms with E-state index in [1.54, 1.807) is 24.3 Å². The Morgan fingerprint density at radius 2 is 1.00 bits per heavy atom. The van der Waals surface area contributed by atoms with Gasteiger partial charge in [0.2, 0.25) is 11.8 Å². The van der Waals surface area contributed by atoms with E-state index in [1.165, 1.54) is 0 Å². The molecule has 2 amide bonds. The van der Waals surface area contributed by atoms with Crippen molar-refractivity contribution in [2.24, 2.45) is 0 Å². The summed E-state index contributed by atoms with van der Waals surface area (Å²) in [5, 5.41) is 24.8. The molecule has 2 aromatic carbocycles. The summed E-state index contributed by atoms with van der Waals surface area (Å²) < 4.78 is 1.83. The van der Waals surface area contributed by atoms with E-state index in [0.29, 0.717) is 35.7 Å². The fraction of sp³-hybridized carbons (Fsp3) is 0.176. The summed E-state index contributed by atoms with van der Waals surface area (Å²) in [6.07, 6.45) is 0.720. The van der Waals surface area contributed by atoms with E-state index in [-0.39, 0.29) is 36.2 Å². The number of phenols is 2. The number of benzene rings is 2. The summed E-state index contributed by atoms with van der Waals surface area (Å²) >= 11 is 12.8. The van der Waals surface area contributed by atoms with Gasteiger partial charge in [0, 0.05) is 24.2 Å². The van der Waals surface area contributed by atoms with Crippen LogP contribution >= 0.6 is 63.7 Å². The van der Waals surface area contributed by atoms with Crippen molar-refractivity contribution in [1.82, 2.24) is 0 Å². The number of carbonyl (C=O) groups is 2. The average Bonchev–Trinajstić information content (AvgIpc) is 2.57. The summed E-state index contributed by atoms with van der Waals surface area (Å²) in [7, 11) is 0. The summed E-state index contributed by atoms with van der Waals surface area (Å²) in [5.41, 5.74) is 1.06. The van der Waals surface area contributed by atoms with E-state index in [1.807, 2.05) is 0 Å². The molecule has 0 bridgehead atoms. The first-order chi connectivity index (χ1) is 12.7. The van der Waals surface area contributed by atoms with Gasteiger partial charge in [0.25, 0.3) is 0 Å². The van der Waals surface area contributed by atoms with Crippen molar-refractivity contribution in [3.05, 3.63) is 42.2 Å². The van der Waals surface area contributed by atoms with E-state index < -0.39 is 0 Å². The number of aromatic hydroxyl groups is 2. The second-order valence-electron chi connectivity index (χ2n) is 5.53. The van der Waals surface area contributed by atoms with Crippen LogP contribution in [0.3, 0.4) is 0 Å². The number of hydrogen-bond donors (Lipinski definition) is 4. The number of amides is 2. The van der Waals surface area contributed by atoms with Gasteiger partial charge in [-0.1, -0.05) is 0 Å². The maximum Gasteiger partial charge on any atom is 0.224 e. The minimum atomic E-state index is -0.234. The third kappa shape index (κ3) is 6.48. The Bertz CT molecular complexity index is 772. The number of halogens is 4. The highest BCUT2D eigenvalue weighted by Crippen LogP contribution is 2.36. The molecule has 27 heavy (non-hydrogen) atoms. The van der Waals surface area contributed by atoms with Crippen LogP contribution in [0.4, 0.5) is 11.4 Å². The van der Waals surface area contributed by atoms with Crippen LogP contribution in [0, 0.1) is 0 Å². The Labute approximate surface area is 189 Å². The van der Waals surface area contributed by atoms with Crippen LogP contribution in [0.1, 0.15) is 19.3 Å². The molecule has 0 spiro atoms. The number of nitrogens with one attached hydrogen (secondary N) is 2. The molecule has 0 aliphatic rings. The zero-order chi connectivity index (χ0) is 20.1. The standard InChI is InChI=1S/C17H14Br4N2O4/c18-10-4-8(5-11(19)16(10)26)22-14(24)2-1-3-15(25)23-9-6-12(20)17(27)13(21)7-9/h4-7,26-27H,1-3H2,(H,22,24)(H,23,25). The van der Waals surface area contributed by atoms with E-state index in [0.717, 1.165) is 0 Å². The van der Waals surface area contributed by atoms with Crippen LogP contribution in [-0.2, 0) is 9.59 Å². The lowest BCUT2D eigenvalue weighted by Gasteiger charge is -2.09. The number of carbonyl (C=O) groups excluding carboxylic acids is 2. The van der Waals surface area contributed by atoms with Gasteiger partial charge in [-0.3, -0.25) is 9.59 Å². The molecule has 0 saturated heterocycles. The average molecular weight is 630 g/mol. The van der Waals surface area contributed by atoms with Crippen LogP contribution in [0.15, 0.2) is 42.2 Å². The first-order valence-corrected chi connectivity index (χ1v) is 10.8. The van der Waals surface area contributed by atoms with Gasteiger partial charge in [0.15, 0.2) is 0 Å². The Hall–Kier alpha value is -1.10. The molecule has 10 heteroatoms. The van der Waals surface area contributed by atoms with Gasteiger partial charge >= 0.3 is 0 Å². The van der Waals surface area contributed by atoms with Gasteiger partial charge in [0.1, 0.15) is 11.5 Å². The minimum Gasteiger partial charge on any atom is -0.506 e. The molecule has 2 aromatic rings. The topological polar surface area (TPSA) is 98.7 Å². The van der Waals surface area contributed by atoms with Gasteiger partial charge in [-0.2, -0.15) is 0 Å². The van der Waals surface area contributed by atoms with E-state index >= 15 is 0 Å². The molecule has 4 N–H and O–H groups in total. The molecular weight excluding hydrogens is 616 g/mol. The molecule has 0 radical (unpaired) electrons. The fourth-order valence-corrected chi connectivity index (χ4v) is 4.50. The molecule has 0 aliphatic heterocycles. The highest BCUT2D eigenvalue weighted by Gasteiger charge is 2.11. The lowest BCUT2D eigenvalue weighted by molar-refractivity contribution is -0.117. The predicted octanol–water partition coefficient (Wildman–Crippen LogP) is 5.90. The lowest BCUT2D eigenvalue weighted by atomic mass is 10.2. The zero-order valence-corrected chi connectivity index (χ0v) is 20.0. The van der Waals surface area contributed by atoms with Gasteiger partial charge in [0.05, 0.1) is 17.9 Å². The van der Waals surface area contributed by atoms with Crippen molar-refractivity contribution in [1.29, 1.82) is 0 Å². The second kappa shape index (κ2) is 9.90.